The lowest BCUT2D eigenvalue weighted by Gasteiger charge is -1.94. The molecule has 0 bridgehead atoms. The maximum Gasteiger partial charge on any atom is 0.510 e. The smallest absolute Gasteiger partial charge is 0.133 e. The fourth-order valence-corrected chi connectivity index (χ4v) is 1.98. The van der Waals surface area contributed by atoms with E-state index in [2.05, 4.69) is 11.2 Å². The van der Waals surface area contributed by atoms with Crippen molar-refractivity contribution in [2.75, 3.05) is 6.16 Å². The lowest BCUT2D eigenvalue weighted by atomic mass is 10.1. The van der Waals surface area contributed by atoms with E-state index < -0.39 is 8.03 Å². The van der Waals surface area contributed by atoms with Crippen LogP contribution in [0.1, 0.15) is 45.4 Å². The van der Waals surface area contributed by atoms with E-state index in [9.17, 15) is 4.57 Å². The lowest BCUT2D eigenvalue weighted by molar-refractivity contribution is 0.528. The van der Waals surface area contributed by atoms with Gasteiger partial charge in [-0.25, -0.2) is 0 Å². The molecule has 0 aromatic carbocycles. The first-order valence-electron chi connectivity index (χ1n) is 4.62. The third-order valence-electron chi connectivity index (χ3n) is 1.81. The summed E-state index contributed by atoms with van der Waals surface area (Å²) >= 11 is 0. The summed E-state index contributed by atoms with van der Waals surface area (Å²) in [5, 5.41) is 0. The Balaban J connectivity index is 2.95. The van der Waals surface area contributed by atoms with E-state index in [0.717, 1.165) is 6.42 Å². The molecule has 0 radical (unpaired) electrons. The van der Waals surface area contributed by atoms with Crippen molar-refractivity contribution >= 4 is 17.5 Å². The Hall–Kier alpha value is 0.490. The van der Waals surface area contributed by atoms with Gasteiger partial charge in [0.2, 0.25) is 0 Å². The quantitative estimate of drug-likeness (QED) is 0.447. The van der Waals surface area contributed by atoms with Crippen LogP contribution in [0, 0.1) is 0 Å². The van der Waals surface area contributed by atoms with Crippen LogP contribution in [0.5, 0.6) is 0 Å². The van der Waals surface area contributed by atoms with Crippen molar-refractivity contribution in [2.24, 2.45) is 0 Å². The standard InChI is InChI=1S/C8H19O2P2/c1-2-3-4-5-6-7-8-12(9)10-11/h2-8,11H2,1H3/q+1. The van der Waals surface area contributed by atoms with Gasteiger partial charge in [0.1, 0.15) is 0 Å². The van der Waals surface area contributed by atoms with Crippen molar-refractivity contribution in [1.82, 2.24) is 0 Å². The molecule has 2 nitrogen and oxygen atoms in total. The molecule has 0 fully saturated rings. The molecule has 12 heavy (non-hydrogen) atoms. The second-order valence-electron chi connectivity index (χ2n) is 2.93. The highest BCUT2D eigenvalue weighted by molar-refractivity contribution is 7.44. The minimum absolute atomic E-state index is 0.713. The summed E-state index contributed by atoms with van der Waals surface area (Å²) in [7, 11) is 0.660. The normalized spacial score (nSPS) is 11.7. The Morgan fingerprint density at radius 2 is 1.75 bits per heavy atom. The first-order valence-corrected chi connectivity index (χ1v) is 6.46. The van der Waals surface area contributed by atoms with E-state index in [-0.39, 0.29) is 0 Å². The zero-order valence-corrected chi connectivity index (χ0v) is 9.84. The van der Waals surface area contributed by atoms with E-state index in [1.165, 1.54) is 32.1 Å². The topological polar surface area (TPSA) is 26.3 Å². The Labute approximate surface area is 78.6 Å². The van der Waals surface area contributed by atoms with Crippen LogP contribution in [0.15, 0.2) is 0 Å². The van der Waals surface area contributed by atoms with Crippen LogP contribution in [-0.2, 0) is 8.88 Å². The van der Waals surface area contributed by atoms with E-state index in [1.807, 2.05) is 9.47 Å². The molecule has 2 unspecified atom stereocenters. The van der Waals surface area contributed by atoms with Crippen LogP contribution < -0.4 is 0 Å². The second kappa shape index (κ2) is 9.58. The molecular formula is C8H19O2P2+. The van der Waals surface area contributed by atoms with Crippen molar-refractivity contribution in [3.63, 3.8) is 0 Å². The minimum atomic E-state index is -1.39. The van der Waals surface area contributed by atoms with Gasteiger partial charge in [-0.2, -0.15) is 0 Å². The molecule has 0 rings (SSSR count). The molecule has 4 heteroatoms. The van der Waals surface area contributed by atoms with Gasteiger partial charge in [-0.05, 0) is 17.4 Å². The fourth-order valence-electron chi connectivity index (χ4n) is 1.07. The molecular weight excluding hydrogens is 190 g/mol. The zero-order valence-electron chi connectivity index (χ0n) is 7.79. The van der Waals surface area contributed by atoms with Crippen LogP contribution in [0.25, 0.3) is 0 Å². The van der Waals surface area contributed by atoms with Crippen molar-refractivity contribution in [2.45, 2.75) is 45.4 Å². The third-order valence-corrected chi connectivity index (χ3v) is 3.43. The van der Waals surface area contributed by atoms with E-state index in [1.54, 1.807) is 0 Å². The Morgan fingerprint density at radius 1 is 1.17 bits per heavy atom. The average molecular weight is 209 g/mol. The van der Waals surface area contributed by atoms with Gasteiger partial charge >= 0.3 is 8.03 Å². The molecule has 0 aromatic heterocycles. The highest BCUT2D eigenvalue weighted by Gasteiger charge is 2.12. The van der Waals surface area contributed by atoms with Gasteiger partial charge in [-0.15, -0.1) is 4.31 Å². The number of unbranched alkanes of at least 4 members (excludes halogenated alkanes) is 5. The van der Waals surface area contributed by atoms with Gasteiger partial charge in [0.05, 0.1) is 9.47 Å². The molecule has 0 aliphatic rings. The number of rotatable bonds is 8. The SMILES string of the molecule is CCCCCCCC[P+](=O)OP. The van der Waals surface area contributed by atoms with Gasteiger partial charge < -0.3 is 0 Å². The molecule has 0 aliphatic carbocycles. The summed E-state index contributed by atoms with van der Waals surface area (Å²) in [6, 6.07) is 0. The second-order valence-corrected chi connectivity index (χ2v) is 4.89. The molecule has 0 spiro atoms. The first kappa shape index (κ1) is 12.5. The largest absolute Gasteiger partial charge is 0.510 e. The average Bonchev–Trinajstić information content (AvgIpc) is 2.10. The van der Waals surface area contributed by atoms with Crippen LogP contribution in [0.3, 0.4) is 0 Å². The number of hydrogen-bond donors (Lipinski definition) is 0. The number of hydrogen-bond acceptors (Lipinski definition) is 2. The molecule has 0 saturated carbocycles. The Bertz CT molecular complexity index is 118. The summed E-state index contributed by atoms with van der Waals surface area (Å²) in [5.74, 6) is 0. The van der Waals surface area contributed by atoms with Crippen molar-refractivity contribution in [1.29, 1.82) is 0 Å². The molecule has 0 saturated heterocycles. The molecule has 0 amide bonds. The highest BCUT2D eigenvalue weighted by atomic mass is 31.2. The minimum Gasteiger partial charge on any atom is -0.133 e. The van der Waals surface area contributed by atoms with Crippen molar-refractivity contribution in [3.8, 4) is 0 Å². The molecule has 0 heterocycles. The van der Waals surface area contributed by atoms with Crippen LogP contribution in [-0.4, -0.2) is 6.16 Å². The van der Waals surface area contributed by atoms with Crippen molar-refractivity contribution < 1.29 is 8.88 Å². The van der Waals surface area contributed by atoms with E-state index in [4.69, 9.17) is 0 Å². The predicted octanol–water partition coefficient (Wildman–Crippen LogP) is 3.90. The maximum atomic E-state index is 10.8. The zero-order chi connectivity index (χ0) is 9.23. The Morgan fingerprint density at radius 3 is 2.33 bits per heavy atom. The summed E-state index contributed by atoms with van der Waals surface area (Å²) in [5.41, 5.74) is 0. The predicted molar refractivity (Wildman–Crippen MR) is 56.6 cm³/mol. The summed E-state index contributed by atoms with van der Waals surface area (Å²) in [4.78, 5) is 0. The summed E-state index contributed by atoms with van der Waals surface area (Å²) in [6.45, 7) is 2.21. The summed E-state index contributed by atoms with van der Waals surface area (Å²) < 4.78 is 15.4. The van der Waals surface area contributed by atoms with Crippen LogP contribution >= 0.6 is 17.5 Å². The van der Waals surface area contributed by atoms with Gasteiger partial charge in [0.15, 0.2) is 6.16 Å². The third kappa shape index (κ3) is 8.59. The summed E-state index contributed by atoms with van der Waals surface area (Å²) in [6.07, 6.45) is 8.13. The molecule has 0 aromatic rings. The molecule has 72 valence electrons. The van der Waals surface area contributed by atoms with E-state index in [0.29, 0.717) is 6.16 Å². The monoisotopic (exact) mass is 209 g/mol. The highest BCUT2D eigenvalue weighted by Crippen LogP contribution is 2.27. The van der Waals surface area contributed by atoms with Gasteiger partial charge in [0, 0.05) is 0 Å². The van der Waals surface area contributed by atoms with Crippen LogP contribution in [0.4, 0.5) is 0 Å². The van der Waals surface area contributed by atoms with E-state index >= 15 is 0 Å². The molecule has 0 N–H and O–H groups in total. The Kier molecular flexibility index (Phi) is 9.97. The fraction of sp³-hybridized carbons (Fsp3) is 1.00. The van der Waals surface area contributed by atoms with Gasteiger partial charge in [-0.3, -0.25) is 0 Å². The maximum absolute atomic E-state index is 10.8. The lowest BCUT2D eigenvalue weighted by Crippen LogP contribution is -1.81. The first-order chi connectivity index (χ1) is 5.81. The molecule has 0 aliphatic heterocycles. The molecule has 2 atom stereocenters. The van der Waals surface area contributed by atoms with Gasteiger partial charge in [-0.1, -0.05) is 32.6 Å². The van der Waals surface area contributed by atoms with Crippen LogP contribution in [0.2, 0.25) is 0 Å². The van der Waals surface area contributed by atoms with Gasteiger partial charge in [0.25, 0.3) is 0 Å². The van der Waals surface area contributed by atoms with Crippen molar-refractivity contribution in [3.05, 3.63) is 0 Å².